The Bertz CT molecular complexity index is 385. The Hall–Kier alpha value is -1.36. The zero-order valence-electron chi connectivity index (χ0n) is 9.20. The lowest BCUT2D eigenvalue weighted by Gasteiger charge is -2.07. The molecule has 0 aliphatic heterocycles. The minimum Gasteiger partial charge on any atom is -0.493 e. The predicted molar refractivity (Wildman–Crippen MR) is 56.2 cm³/mol. The van der Waals surface area contributed by atoms with Gasteiger partial charge < -0.3 is 14.8 Å². The number of hydrogen-bond acceptors (Lipinski definition) is 4. The molecule has 1 rings (SSSR count). The van der Waals surface area contributed by atoms with Crippen molar-refractivity contribution < 1.29 is 9.84 Å². The van der Waals surface area contributed by atoms with Gasteiger partial charge in [-0.05, 0) is 5.92 Å². The van der Waals surface area contributed by atoms with Gasteiger partial charge in [0.15, 0.2) is 0 Å². The van der Waals surface area contributed by atoms with E-state index in [2.05, 4.69) is 9.97 Å². The van der Waals surface area contributed by atoms with Crippen LogP contribution < -0.4 is 5.56 Å². The summed E-state index contributed by atoms with van der Waals surface area (Å²) in [5, 5.41) is 9.57. The van der Waals surface area contributed by atoms with E-state index in [0.717, 1.165) is 0 Å². The van der Waals surface area contributed by atoms with E-state index in [-0.39, 0.29) is 17.4 Å². The predicted octanol–water partition coefficient (Wildman–Crippen LogP) is 0.788. The second kappa shape index (κ2) is 4.93. The molecule has 0 atom stereocenters. The maximum Gasteiger partial charge on any atom is 0.258 e. The third kappa shape index (κ3) is 2.79. The van der Waals surface area contributed by atoms with Crippen molar-refractivity contribution in [1.29, 1.82) is 0 Å². The molecule has 5 heteroatoms. The second-order valence-corrected chi connectivity index (χ2v) is 3.65. The number of nitrogens with one attached hydrogen (secondary N) is 1. The van der Waals surface area contributed by atoms with Crippen molar-refractivity contribution in [1.82, 2.24) is 9.97 Å². The lowest BCUT2D eigenvalue weighted by molar-refractivity contribution is 0.200. The number of hydrogen-bond donors (Lipinski definition) is 2. The van der Waals surface area contributed by atoms with E-state index in [9.17, 15) is 9.90 Å². The first kappa shape index (κ1) is 11.7. The lowest BCUT2D eigenvalue weighted by atomic mass is 10.1. The molecule has 1 aromatic heterocycles. The molecule has 0 aliphatic carbocycles. The Labute approximate surface area is 88.1 Å². The van der Waals surface area contributed by atoms with Gasteiger partial charge in [0.25, 0.3) is 5.56 Å². The zero-order chi connectivity index (χ0) is 11.4. The molecular formula is C10H16N2O3. The highest BCUT2D eigenvalue weighted by Crippen LogP contribution is 2.18. The van der Waals surface area contributed by atoms with E-state index in [1.165, 1.54) is 0 Å². The average molecular weight is 212 g/mol. The van der Waals surface area contributed by atoms with E-state index in [0.29, 0.717) is 24.4 Å². The van der Waals surface area contributed by atoms with Gasteiger partial charge in [0.1, 0.15) is 5.82 Å². The number of aromatic amines is 1. The number of aromatic hydroxyl groups is 1. The van der Waals surface area contributed by atoms with Crippen LogP contribution in [0.4, 0.5) is 0 Å². The van der Waals surface area contributed by atoms with Crippen molar-refractivity contribution in [2.24, 2.45) is 0 Å². The number of nitrogens with zero attached hydrogens (tertiary/aromatic N) is 1. The van der Waals surface area contributed by atoms with E-state index in [1.54, 1.807) is 7.11 Å². The van der Waals surface area contributed by atoms with Crippen molar-refractivity contribution in [3.8, 4) is 5.88 Å². The van der Waals surface area contributed by atoms with Gasteiger partial charge in [-0.3, -0.25) is 4.79 Å². The summed E-state index contributed by atoms with van der Waals surface area (Å²) < 4.78 is 4.86. The smallest absolute Gasteiger partial charge is 0.258 e. The molecule has 2 N–H and O–H groups in total. The molecule has 0 aliphatic rings. The molecular weight excluding hydrogens is 196 g/mol. The van der Waals surface area contributed by atoms with Crippen LogP contribution in [0.25, 0.3) is 0 Å². The second-order valence-electron chi connectivity index (χ2n) is 3.65. The van der Waals surface area contributed by atoms with Crippen molar-refractivity contribution in [2.45, 2.75) is 26.2 Å². The van der Waals surface area contributed by atoms with Gasteiger partial charge in [0.2, 0.25) is 5.88 Å². The molecule has 0 unspecified atom stereocenters. The third-order valence-corrected chi connectivity index (χ3v) is 2.10. The number of aromatic nitrogens is 2. The van der Waals surface area contributed by atoms with Crippen molar-refractivity contribution in [2.75, 3.05) is 13.7 Å². The van der Waals surface area contributed by atoms with E-state index >= 15 is 0 Å². The topological polar surface area (TPSA) is 75.2 Å². The summed E-state index contributed by atoms with van der Waals surface area (Å²) in [5.74, 6) is 0.223. The average Bonchev–Trinajstić information content (AvgIpc) is 2.12. The van der Waals surface area contributed by atoms with Crippen LogP contribution in [0.5, 0.6) is 5.88 Å². The largest absolute Gasteiger partial charge is 0.493 e. The molecule has 0 bridgehead atoms. The lowest BCUT2D eigenvalue weighted by Crippen LogP contribution is -2.18. The Kier molecular flexibility index (Phi) is 3.85. The standard InChI is InChI=1S/C10H16N2O3/c1-6(2)8-9(13)11-7(4-5-15-3)12-10(8)14/h6H,4-5H2,1-3H3,(H2,11,12,13,14). The Morgan fingerprint density at radius 3 is 2.67 bits per heavy atom. The highest BCUT2D eigenvalue weighted by molar-refractivity contribution is 5.25. The molecule has 0 amide bonds. The summed E-state index contributed by atoms with van der Waals surface area (Å²) in [4.78, 5) is 18.1. The van der Waals surface area contributed by atoms with E-state index in [1.807, 2.05) is 13.8 Å². The van der Waals surface area contributed by atoms with E-state index in [4.69, 9.17) is 4.74 Å². The fourth-order valence-corrected chi connectivity index (χ4v) is 1.35. The summed E-state index contributed by atoms with van der Waals surface area (Å²) in [6.07, 6.45) is 0.484. The van der Waals surface area contributed by atoms with Gasteiger partial charge >= 0.3 is 0 Å². The Morgan fingerprint density at radius 1 is 1.53 bits per heavy atom. The summed E-state index contributed by atoms with van der Waals surface area (Å²) in [6, 6.07) is 0. The maximum atomic E-state index is 11.6. The van der Waals surface area contributed by atoms with Gasteiger partial charge in [-0.2, -0.15) is 4.98 Å². The van der Waals surface area contributed by atoms with Crippen LogP contribution in [0.3, 0.4) is 0 Å². The molecule has 5 nitrogen and oxygen atoms in total. The van der Waals surface area contributed by atoms with Gasteiger partial charge in [0, 0.05) is 13.5 Å². The third-order valence-electron chi connectivity index (χ3n) is 2.10. The molecule has 84 valence electrons. The Balaban J connectivity index is 3.03. The normalized spacial score (nSPS) is 10.9. The minimum absolute atomic E-state index is 0.0438. The number of ether oxygens (including phenoxy) is 1. The van der Waals surface area contributed by atoms with Crippen LogP contribution in [0.1, 0.15) is 31.2 Å². The molecule has 15 heavy (non-hydrogen) atoms. The van der Waals surface area contributed by atoms with Gasteiger partial charge in [0.05, 0.1) is 12.2 Å². The summed E-state index contributed by atoms with van der Waals surface area (Å²) >= 11 is 0. The minimum atomic E-state index is -0.274. The summed E-state index contributed by atoms with van der Waals surface area (Å²) in [6.45, 7) is 4.13. The van der Waals surface area contributed by atoms with Crippen LogP contribution in [-0.4, -0.2) is 28.8 Å². The van der Waals surface area contributed by atoms with Gasteiger partial charge in [-0.25, -0.2) is 0 Å². The molecule has 0 spiro atoms. The number of methoxy groups -OCH3 is 1. The van der Waals surface area contributed by atoms with Crippen molar-refractivity contribution in [3.05, 3.63) is 21.7 Å². The van der Waals surface area contributed by atoms with Crippen LogP contribution in [0.15, 0.2) is 4.79 Å². The van der Waals surface area contributed by atoms with E-state index < -0.39 is 0 Å². The quantitative estimate of drug-likeness (QED) is 0.773. The van der Waals surface area contributed by atoms with Crippen LogP contribution in [0.2, 0.25) is 0 Å². The Morgan fingerprint density at radius 2 is 2.20 bits per heavy atom. The summed E-state index contributed by atoms with van der Waals surface area (Å²) in [5.41, 5.74) is 0.0553. The van der Waals surface area contributed by atoms with Crippen LogP contribution >= 0.6 is 0 Å². The van der Waals surface area contributed by atoms with Gasteiger partial charge in [-0.1, -0.05) is 13.8 Å². The fraction of sp³-hybridized carbons (Fsp3) is 0.600. The molecule has 1 heterocycles. The van der Waals surface area contributed by atoms with Gasteiger partial charge in [-0.15, -0.1) is 0 Å². The fourth-order valence-electron chi connectivity index (χ4n) is 1.35. The number of rotatable bonds is 4. The first-order chi connectivity index (χ1) is 7.06. The summed E-state index contributed by atoms with van der Waals surface area (Å²) in [7, 11) is 1.57. The first-order valence-electron chi connectivity index (χ1n) is 4.87. The highest BCUT2D eigenvalue weighted by atomic mass is 16.5. The monoisotopic (exact) mass is 212 g/mol. The first-order valence-corrected chi connectivity index (χ1v) is 4.87. The molecule has 0 saturated heterocycles. The highest BCUT2D eigenvalue weighted by Gasteiger charge is 2.13. The molecule has 0 fully saturated rings. The van der Waals surface area contributed by atoms with Crippen molar-refractivity contribution in [3.63, 3.8) is 0 Å². The zero-order valence-corrected chi connectivity index (χ0v) is 9.20. The molecule has 0 saturated carbocycles. The SMILES string of the molecule is COCCc1nc(O)c(C(C)C)c(=O)[nH]1. The maximum absolute atomic E-state index is 11.6. The molecule has 0 aromatic carbocycles. The molecule has 0 radical (unpaired) electrons. The van der Waals surface area contributed by atoms with Crippen LogP contribution in [0, 0.1) is 0 Å². The van der Waals surface area contributed by atoms with Crippen LogP contribution in [-0.2, 0) is 11.2 Å². The number of H-pyrrole nitrogens is 1. The van der Waals surface area contributed by atoms with Crippen molar-refractivity contribution >= 4 is 0 Å². The molecule has 1 aromatic rings.